The lowest BCUT2D eigenvalue weighted by Crippen LogP contribution is -2.26. The number of fused-ring (bicyclic) bond motifs is 1. The first-order valence-electron chi connectivity index (χ1n) is 12.0. The van der Waals surface area contributed by atoms with Crippen LogP contribution in [0, 0.1) is 0 Å². The van der Waals surface area contributed by atoms with Crippen LogP contribution in [0.25, 0.3) is 28.0 Å². The zero-order valence-electron chi connectivity index (χ0n) is 21.8. The Morgan fingerprint density at radius 3 is 2.51 bits per heavy atom. The first-order chi connectivity index (χ1) is 17.8. The van der Waals surface area contributed by atoms with Gasteiger partial charge in [-0.3, -0.25) is 14.3 Å². The molecule has 0 aliphatic carbocycles. The monoisotopic (exact) mass is 502 g/mol. The highest BCUT2D eigenvalue weighted by atomic mass is 19.1. The van der Waals surface area contributed by atoms with Gasteiger partial charge in [0.25, 0.3) is 0 Å². The molecule has 0 N–H and O–H groups in total. The molecule has 0 aromatic carbocycles. The van der Waals surface area contributed by atoms with E-state index in [2.05, 4.69) is 21.8 Å². The maximum Gasteiger partial charge on any atom is 0.180 e. The van der Waals surface area contributed by atoms with Crippen LogP contribution in [0.15, 0.2) is 73.1 Å². The van der Waals surface area contributed by atoms with E-state index in [1.54, 1.807) is 53.0 Å². The topological polar surface area (TPSA) is 86.8 Å². The van der Waals surface area contributed by atoms with Gasteiger partial charge in [0.2, 0.25) is 0 Å². The molecule has 37 heavy (non-hydrogen) atoms. The summed E-state index contributed by atoms with van der Waals surface area (Å²) in [5.41, 5.74) is 4.53. The van der Waals surface area contributed by atoms with Crippen molar-refractivity contribution in [2.24, 2.45) is 14.1 Å². The molecule has 0 bridgehead atoms. The summed E-state index contributed by atoms with van der Waals surface area (Å²) in [6.45, 7) is 8.25. The van der Waals surface area contributed by atoms with E-state index in [1.165, 1.54) is 0 Å². The molecule has 0 spiro atoms. The lowest BCUT2D eigenvalue weighted by molar-refractivity contribution is 0.293. The largest absolute Gasteiger partial charge is 0.501 e. The zero-order valence-corrected chi connectivity index (χ0v) is 21.8. The molecule has 0 fully saturated rings. The molecule has 4 heterocycles. The number of aryl methyl sites for hydroxylation is 2. The van der Waals surface area contributed by atoms with Crippen molar-refractivity contribution in [2.75, 3.05) is 18.6 Å². The third-order valence-electron chi connectivity index (χ3n) is 5.83. The number of aromatic nitrogens is 7. The molecule has 0 atom stereocenters. The first kappa shape index (κ1) is 25.7. The predicted octanol–water partition coefficient (Wildman–Crippen LogP) is 5.21. The van der Waals surface area contributed by atoms with Gasteiger partial charge >= 0.3 is 0 Å². The average Bonchev–Trinajstić information content (AvgIpc) is 3.53. The summed E-state index contributed by atoms with van der Waals surface area (Å²) in [5, 5.41) is 8.46. The van der Waals surface area contributed by atoms with Gasteiger partial charge in [-0.25, -0.2) is 14.4 Å². The van der Waals surface area contributed by atoms with E-state index in [9.17, 15) is 0 Å². The molecule has 0 aliphatic rings. The molecule has 192 valence electrons. The number of hydrogen-bond donors (Lipinski definition) is 0. The van der Waals surface area contributed by atoms with Crippen LogP contribution in [0.2, 0.25) is 0 Å². The number of pyridine rings is 1. The Hall–Kier alpha value is -4.34. The van der Waals surface area contributed by atoms with E-state index in [1.807, 2.05) is 45.5 Å². The van der Waals surface area contributed by atoms with Crippen molar-refractivity contribution >= 4 is 22.6 Å². The minimum atomic E-state index is -0.269. The number of ether oxygens (including phenoxy) is 1. The number of halogens is 1. The van der Waals surface area contributed by atoms with Gasteiger partial charge in [-0.15, -0.1) is 0 Å². The highest BCUT2D eigenvalue weighted by molar-refractivity contribution is 5.77. The van der Waals surface area contributed by atoms with Crippen LogP contribution < -0.4 is 4.90 Å². The molecule has 0 saturated carbocycles. The van der Waals surface area contributed by atoms with Gasteiger partial charge in [-0.2, -0.15) is 10.2 Å². The molecule has 0 aliphatic heterocycles. The van der Waals surface area contributed by atoms with Gasteiger partial charge in [-0.1, -0.05) is 13.5 Å². The second-order valence-corrected chi connectivity index (χ2v) is 8.76. The van der Waals surface area contributed by atoms with Gasteiger partial charge in [0, 0.05) is 56.7 Å². The standard InChI is InChI=1S/C27H31FN8O/c1-7-8-22(28)25(11-19(3)37-6)36(15-18(2)20-12-30-34(4)16-20)26-10-9-23-27(33-26)32-24(14-29-23)21-13-31-35(5)17-21/h9-14,16-17H,2,7-8,15H2,1,3-6H3/b19-11+,25-22-. The maximum atomic E-state index is 15.6. The Kier molecular flexibility index (Phi) is 7.76. The molecular formula is C27H31FN8O. The number of hydrogen-bond acceptors (Lipinski definition) is 7. The van der Waals surface area contributed by atoms with Crippen molar-refractivity contribution < 1.29 is 9.13 Å². The van der Waals surface area contributed by atoms with Crippen LogP contribution in [0.4, 0.5) is 10.2 Å². The number of allylic oxidation sites excluding steroid dienone is 3. The van der Waals surface area contributed by atoms with Crippen LogP contribution >= 0.6 is 0 Å². The summed E-state index contributed by atoms with van der Waals surface area (Å²) in [7, 11) is 5.24. The van der Waals surface area contributed by atoms with E-state index in [4.69, 9.17) is 14.7 Å². The Bertz CT molecular complexity index is 1480. The van der Waals surface area contributed by atoms with Crippen molar-refractivity contribution in [3.63, 3.8) is 0 Å². The summed E-state index contributed by atoms with van der Waals surface area (Å²) in [6, 6.07) is 3.65. The number of rotatable bonds is 10. The Morgan fingerprint density at radius 2 is 1.86 bits per heavy atom. The minimum absolute atomic E-state index is 0.269. The second-order valence-electron chi connectivity index (χ2n) is 8.76. The Balaban J connectivity index is 1.84. The fourth-order valence-electron chi connectivity index (χ4n) is 3.81. The summed E-state index contributed by atoms with van der Waals surface area (Å²) in [4.78, 5) is 15.8. The zero-order chi connectivity index (χ0) is 26.5. The molecule has 0 saturated heterocycles. The molecule has 0 amide bonds. The normalized spacial score (nSPS) is 12.5. The van der Waals surface area contributed by atoms with Crippen molar-refractivity contribution in [1.29, 1.82) is 0 Å². The van der Waals surface area contributed by atoms with E-state index in [0.29, 0.717) is 40.6 Å². The highest BCUT2D eigenvalue weighted by Crippen LogP contribution is 2.29. The van der Waals surface area contributed by atoms with Gasteiger partial charge in [0.1, 0.15) is 17.2 Å². The first-order valence-corrected chi connectivity index (χ1v) is 12.0. The van der Waals surface area contributed by atoms with Crippen LogP contribution in [-0.4, -0.2) is 48.2 Å². The van der Waals surface area contributed by atoms with Gasteiger partial charge < -0.3 is 9.64 Å². The average molecular weight is 503 g/mol. The lowest BCUT2D eigenvalue weighted by atomic mass is 10.1. The maximum absolute atomic E-state index is 15.6. The highest BCUT2D eigenvalue weighted by Gasteiger charge is 2.20. The summed E-state index contributed by atoms with van der Waals surface area (Å²) in [6.07, 6.45) is 11.5. The molecule has 4 aromatic heterocycles. The van der Waals surface area contributed by atoms with Crippen molar-refractivity contribution in [3.8, 4) is 11.3 Å². The van der Waals surface area contributed by atoms with Crippen molar-refractivity contribution in [1.82, 2.24) is 34.5 Å². The van der Waals surface area contributed by atoms with E-state index in [-0.39, 0.29) is 18.8 Å². The Labute approximate surface area is 215 Å². The quantitative estimate of drug-likeness (QED) is 0.217. The predicted molar refractivity (Wildman–Crippen MR) is 143 cm³/mol. The third-order valence-corrected chi connectivity index (χ3v) is 5.83. The van der Waals surface area contributed by atoms with E-state index >= 15 is 4.39 Å². The van der Waals surface area contributed by atoms with Gasteiger partial charge in [-0.05, 0) is 31.1 Å². The van der Waals surface area contributed by atoms with E-state index in [0.717, 1.165) is 16.7 Å². The van der Waals surface area contributed by atoms with E-state index < -0.39 is 0 Å². The Morgan fingerprint density at radius 1 is 1.11 bits per heavy atom. The number of anilines is 1. The molecule has 10 heteroatoms. The number of nitrogens with zero attached hydrogens (tertiary/aromatic N) is 8. The molecule has 9 nitrogen and oxygen atoms in total. The van der Waals surface area contributed by atoms with Crippen LogP contribution in [0.5, 0.6) is 0 Å². The summed E-state index contributed by atoms with van der Waals surface area (Å²) >= 11 is 0. The molecule has 4 aromatic rings. The van der Waals surface area contributed by atoms with Crippen molar-refractivity contribution in [2.45, 2.75) is 26.7 Å². The van der Waals surface area contributed by atoms with Crippen molar-refractivity contribution in [3.05, 3.63) is 78.6 Å². The number of methoxy groups -OCH3 is 1. The summed E-state index contributed by atoms with van der Waals surface area (Å²) < 4.78 is 24.4. The lowest BCUT2D eigenvalue weighted by Gasteiger charge is -2.27. The molecular weight excluding hydrogens is 471 g/mol. The fraction of sp³-hybridized carbons (Fsp3) is 0.296. The summed E-state index contributed by atoms with van der Waals surface area (Å²) in [5.74, 6) is 0.809. The van der Waals surface area contributed by atoms with Crippen LogP contribution in [0.3, 0.4) is 0 Å². The second kappa shape index (κ2) is 11.2. The molecule has 4 rings (SSSR count). The minimum Gasteiger partial charge on any atom is -0.501 e. The van der Waals surface area contributed by atoms with Gasteiger partial charge in [0.05, 0.1) is 42.9 Å². The molecule has 0 radical (unpaired) electrons. The SMILES string of the molecule is C=C(CN(C(/C=C(\C)OC)=C(\F)CCC)c1ccc2ncc(-c3cnn(C)c3)nc2n1)c1cnn(C)c1. The van der Waals surface area contributed by atoms with Crippen LogP contribution in [0.1, 0.15) is 32.3 Å². The smallest absolute Gasteiger partial charge is 0.180 e. The third kappa shape index (κ3) is 5.91. The molecule has 0 unspecified atom stereocenters. The van der Waals surface area contributed by atoms with Gasteiger partial charge in [0.15, 0.2) is 5.65 Å². The fourth-order valence-corrected chi connectivity index (χ4v) is 3.81. The van der Waals surface area contributed by atoms with Crippen LogP contribution in [-0.2, 0) is 18.8 Å².